The average molecular weight is 285 g/mol. The first-order valence-electron chi connectivity index (χ1n) is 6.27. The Bertz CT molecular complexity index is 786. The molecule has 0 saturated carbocycles. The van der Waals surface area contributed by atoms with Crippen LogP contribution >= 0.6 is 11.6 Å². The lowest BCUT2D eigenvalue weighted by molar-refractivity contribution is 0.646. The van der Waals surface area contributed by atoms with E-state index in [4.69, 9.17) is 11.6 Å². The maximum absolute atomic E-state index is 12.6. The summed E-state index contributed by atoms with van der Waals surface area (Å²) in [5, 5.41) is 0.652. The highest BCUT2D eigenvalue weighted by atomic mass is 35.5. The van der Waals surface area contributed by atoms with Crippen LogP contribution in [0.1, 0.15) is 0 Å². The molecule has 0 bridgehead atoms. The van der Waals surface area contributed by atoms with Gasteiger partial charge < -0.3 is 0 Å². The lowest BCUT2D eigenvalue weighted by Crippen LogP contribution is -2.19. The Morgan fingerprint density at radius 2 is 1.60 bits per heavy atom. The second-order valence-electron chi connectivity index (χ2n) is 4.58. The van der Waals surface area contributed by atoms with Gasteiger partial charge in [0, 0.05) is 18.3 Å². The monoisotopic (exact) mass is 284 g/mol. The van der Waals surface area contributed by atoms with Gasteiger partial charge in [-0.3, -0.25) is 9.48 Å². The summed E-state index contributed by atoms with van der Waals surface area (Å²) in [5.41, 5.74) is 2.36. The van der Waals surface area contributed by atoms with E-state index in [-0.39, 0.29) is 5.56 Å². The van der Waals surface area contributed by atoms with E-state index in [1.807, 2.05) is 55.7 Å². The fourth-order valence-corrected chi connectivity index (χ4v) is 2.38. The van der Waals surface area contributed by atoms with Crippen LogP contribution in [0.15, 0.2) is 65.6 Å². The number of hydrogen-bond donors (Lipinski definition) is 0. The number of aromatic nitrogens is 2. The Morgan fingerprint density at radius 1 is 0.950 bits per heavy atom. The maximum atomic E-state index is 12.6. The van der Waals surface area contributed by atoms with E-state index in [0.29, 0.717) is 10.6 Å². The van der Waals surface area contributed by atoms with Crippen molar-refractivity contribution in [3.63, 3.8) is 0 Å². The standard InChI is InChI=1S/C16H13ClN2O/c1-18-11-15(12-5-3-2-4-6-12)16(20)19(18)14-9-7-13(17)8-10-14/h2-11H,1H3. The molecule has 0 radical (unpaired) electrons. The maximum Gasteiger partial charge on any atom is 0.279 e. The minimum atomic E-state index is -0.0407. The molecule has 0 N–H and O–H groups in total. The zero-order valence-electron chi connectivity index (χ0n) is 11.0. The zero-order chi connectivity index (χ0) is 14.1. The summed E-state index contributed by atoms with van der Waals surface area (Å²) in [6.07, 6.45) is 1.84. The Labute approximate surface area is 121 Å². The molecule has 0 aliphatic carbocycles. The predicted octanol–water partition coefficient (Wildman–Crippen LogP) is 3.50. The summed E-state index contributed by atoms with van der Waals surface area (Å²) in [6, 6.07) is 16.9. The van der Waals surface area contributed by atoms with Crippen molar-refractivity contribution in [3.8, 4) is 16.8 Å². The van der Waals surface area contributed by atoms with Gasteiger partial charge in [-0.15, -0.1) is 0 Å². The molecule has 3 rings (SSSR count). The minimum Gasteiger partial charge on any atom is -0.288 e. The van der Waals surface area contributed by atoms with Gasteiger partial charge >= 0.3 is 0 Å². The van der Waals surface area contributed by atoms with Crippen molar-refractivity contribution in [3.05, 3.63) is 76.2 Å². The van der Waals surface area contributed by atoms with Crippen LogP contribution in [0, 0.1) is 0 Å². The van der Waals surface area contributed by atoms with Crippen molar-refractivity contribution < 1.29 is 0 Å². The number of hydrogen-bond acceptors (Lipinski definition) is 1. The van der Waals surface area contributed by atoms with E-state index in [9.17, 15) is 4.79 Å². The molecule has 0 unspecified atom stereocenters. The molecule has 4 heteroatoms. The Morgan fingerprint density at radius 3 is 2.25 bits per heavy atom. The van der Waals surface area contributed by atoms with Crippen molar-refractivity contribution in [2.45, 2.75) is 0 Å². The molecule has 1 heterocycles. The number of rotatable bonds is 2. The predicted molar refractivity (Wildman–Crippen MR) is 81.5 cm³/mol. The van der Waals surface area contributed by atoms with Crippen molar-refractivity contribution in [1.29, 1.82) is 0 Å². The van der Waals surface area contributed by atoms with Crippen LogP contribution in [-0.4, -0.2) is 9.36 Å². The molecule has 0 amide bonds. The highest BCUT2D eigenvalue weighted by Crippen LogP contribution is 2.17. The van der Waals surface area contributed by atoms with Crippen molar-refractivity contribution in [1.82, 2.24) is 9.36 Å². The second-order valence-corrected chi connectivity index (χ2v) is 5.01. The van der Waals surface area contributed by atoms with Crippen molar-refractivity contribution in [2.75, 3.05) is 0 Å². The molecular weight excluding hydrogens is 272 g/mol. The van der Waals surface area contributed by atoms with Gasteiger partial charge in [0.05, 0.1) is 11.3 Å². The van der Waals surface area contributed by atoms with Crippen molar-refractivity contribution in [2.24, 2.45) is 7.05 Å². The zero-order valence-corrected chi connectivity index (χ0v) is 11.7. The number of benzene rings is 2. The molecule has 1 aromatic heterocycles. The third-order valence-corrected chi connectivity index (χ3v) is 3.46. The van der Waals surface area contributed by atoms with E-state index in [1.54, 1.807) is 21.5 Å². The molecule has 0 fully saturated rings. The number of aryl methyl sites for hydroxylation is 1. The SMILES string of the molecule is Cn1cc(-c2ccccc2)c(=O)n1-c1ccc(Cl)cc1. The van der Waals surface area contributed by atoms with Crippen LogP contribution in [-0.2, 0) is 7.05 Å². The van der Waals surface area contributed by atoms with Crippen LogP contribution in [0.4, 0.5) is 0 Å². The molecule has 3 aromatic rings. The van der Waals surface area contributed by atoms with Gasteiger partial charge in [-0.25, -0.2) is 4.68 Å². The second kappa shape index (κ2) is 5.02. The van der Waals surface area contributed by atoms with Gasteiger partial charge in [0.1, 0.15) is 0 Å². The first-order chi connectivity index (χ1) is 9.66. The van der Waals surface area contributed by atoms with E-state index in [2.05, 4.69) is 0 Å². The Balaban J connectivity index is 2.17. The summed E-state index contributed by atoms with van der Waals surface area (Å²) in [4.78, 5) is 12.6. The van der Waals surface area contributed by atoms with Gasteiger partial charge in [0.25, 0.3) is 5.56 Å². The Kier molecular flexibility index (Phi) is 3.20. The fourth-order valence-electron chi connectivity index (χ4n) is 2.25. The molecule has 0 aliphatic rings. The van der Waals surface area contributed by atoms with E-state index < -0.39 is 0 Å². The van der Waals surface area contributed by atoms with E-state index >= 15 is 0 Å². The highest BCUT2D eigenvalue weighted by molar-refractivity contribution is 6.30. The van der Waals surface area contributed by atoms with Gasteiger partial charge in [0.15, 0.2) is 0 Å². The summed E-state index contributed by atoms with van der Waals surface area (Å²) >= 11 is 5.89. The third-order valence-electron chi connectivity index (χ3n) is 3.21. The van der Waals surface area contributed by atoms with Gasteiger partial charge in [-0.1, -0.05) is 41.9 Å². The molecule has 0 atom stereocenters. The summed E-state index contributed by atoms with van der Waals surface area (Å²) in [6.45, 7) is 0. The van der Waals surface area contributed by atoms with Crippen molar-refractivity contribution >= 4 is 11.6 Å². The molecule has 100 valence electrons. The van der Waals surface area contributed by atoms with Gasteiger partial charge in [-0.05, 0) is 29.8 Å². The molecule has 20 heavy (non-hydrogen) atoms. The topological polar surface area (TPSA) is 26.9 Å². The Hall–Kier alpha value is -2.26. The van der Waals surface area contributed by atoms with Gasteiger partial charge in [0.2, 0.25) is 0 Å². The van der Waals surface area contributed by atoms with E-state index in [0.717, 1.165) is 11.3 Å². The van der Waals surface area contributed by atoms with Crippen LogP contribution in [0.2, 0.25) is 5.02 Å². The number of nitrogens with zero attached hydrogens (tertiary/aromatic N) is 2. The molecule has 0 spiro atoms. The van der Waals surface area contributed by atoms with Gasteiger partial charge in [-0.2, -0.15) is 0 Å². The molecular formula is C16H13ClN2O. The smallest absolute Gasteiger partial charge is 0.279 e. The lowest BCUT2D eigenvalue weighted by atomic mass is 10.1. The van der Waals surface area contributed by atoms with Crippen LogP contribution in [0.5, 0.6) is 0 Å². The van der Waals surface area contributed by atoms with Crippen LogP contribution in [0.25, 0.3) is 16.8 Å². The molecule has 3 nitrogen and oxygen atoms in total. The number of halogens is 1. The lowest BCUT2D eigenvalue weighted by Gasteiger charge is -2.06. The summed E-state index contributed by atoms with van der Waals surface area (Å²) in [7, 11) is 1.85. The van der Waals surface area contributed by atoms with Crippen LogP contribution in [0.3, 0.4) is 0 Å². The first-order valence-corrected chi connectivity index (χ1v) is 6.64. The molecule has 2 aromatic carbocycles. The molecule has 0 aliphatic heterocycles. The molecule has 0 saturated heterocycles. The van der Waals surface area contributed by atoms with E-state index in [1.165, 1.54) is 0 Å². The normalized spacial score (nSPS) is 10.7. The summed E-state index contributed by atoms with van der Waals surface area (Å²) in [5.74, 6) is 0. The highest BCUT2D eigenvalue weighted by Gasteiger charge is 2.12. The third kappa shape index (κ3) is 2.17. The first kappa shape index (κ1) is 12.8. The minimum absolute atomic E-state index is 0.0407. The quantitative estimate of drug-likeness (QED) is 0.707. The average Bonchev–Trinajstić information content (AvgIpc) is 2.76. The largest absolute Gasteiger partial charge is 0.288 e. The fraction of sp³-hybridized carbons (Fsp3) is 0.0625. The summed E-state index contributed by atoms with van der Waals surface area (Å²) < 4.78 is 3.41. The van der Waals surface area contributed by atoms with Crippen LogP contribution < -0.4 is 5.56 Å².